The normalized spacial score (nSPS) is 22.9. The molecule has 5 nitrogen and oxygen atoms in total. The van der Waals surface area contributed by atoms with Crippen LogP contribution >= 0.6 is 11.6 Å². The number of dihydropyridines is 1. The molecule has 194 valence electrons. The Kier molecular flexibility index (Phi) is 7.94. The average molecular weight is 519 g/mol. The number of aldehydes is 1. The van der Waals surface area contributed by atoms with E-state index in [1.807, 2.05) is 36.6 Å². The number of piperidine rings is 1. The Morgan fingerprint density at radius 2 is 2.05 bits per heavy atom. The van der Waals surface area contributed by atoms with E-state index in [0.29, 0.717) is 19.4 Å². The van der Waals surface area contributed by atoms with Crippen molar-refractivity contribution in [1.29, 1.82) is 0 Å². The molecule has 2 unspecified atom stereocenters. The lowest BCUT2D eigenvalue weighted by Crippen LogP contribution is -2.42. The maximum Gasteiger partial charge on any atom is 0.123 e. The number of phenolic OH excluding ortho intramolecular Hbond substituents is 1. The number of rotatable bonds is 8. The topological polar surface area (TPSA) is 62.1 Å². The molecule has 3 aliphatic heterocycles. The van der Waals surface area contributed by atoms with Gasteiger partial charge in [-0.3, -0.25) is 4.99 Å². The first kappa shape index (κ1) is 25.9. The Labute approximate surface area is 224 Å². The smallest absolute Gasteiger partial charge is 0.123 e. The highest BCUT2D eigenvalue weighted by Gasteiger charge is 2.42. The number of allylic oxidation sites excluding steroid dienone is 1. The molecule has 2 aromatic carbocycles. The summed E-state index contributed by atoms with van der Waals surface area (Å²) in [5.74, 6) is 0.366. The second-order valence-electron chi connectivity index (χ2n) is 10.4. The van der Waals surface area contributed by atoms with E-state index < -0.39 is 0 Å². The molecule has 0 aliphatic carbocycles. The van der Waals surface area contributed by atoms with E-state index in [2.05, 4.69) is 35.0 Å². The summed E-state index contributed by atoms with van der Waals surface area (Å²) in [5, 5.41) is 11.6. The third-order valence-corrected chi connectivity index (χ3v) is 8.30. The standard InChI is InChI=1S/C31H35ClN2O3/c1-22-26(6-2-14-33-22)27(28-19-23(5-4-18-35)8-11-30(28)36)7-3-15-34-16-12-31(13-17-34)29-10-9-25(32)20-24(29)21-37-31/h2,6-11,14,18-20,22,26,36H,3-5,12-13,15-17,21H2,1H3/b27-7+. The number of aryl methyl sites for hydroxylation is 1. The predicted octanol–water partition coefficient (Wildman–Crippen LogP) is 6.12. The summed E-state index contributed by atoms with van der Waals surface area (Å²) in [5.41, 5.74) is 5.36. The van der Waals surface area contributed by atoms with Crippen molar-refractivity contribution in [3.8, 4) is 5.75 Å². The number of likely N-dealkylation sites (tertiary alicyclic amines) is 1. The lowest BCUT2D eigenvalue weighted by molar-refractivity contribution is -0.107. The van der Waals surface area contributed by atoms with Crippen molar-refractivity contribution >= 4 is 29.7 Å². The van der Waals surface area contributed by atoms with Crippen molar-refractivity contribution < 1.29 is 14.6 Å². The van der Waals surface area contributed by atoms with E-state index >= 15 is 0 Å². The highest BCUT2D eigenvalue weighted by molar-refractivity contribution is 6.30. The Morgan fingerprint density at radius 3 is 2.84 bits per heavy atom. The van der Waals surface area contributed by atoms with Crippen LogP contribution in [0.15, 0.2) is 59.6 Å². The second kappa shape index (κ2) is 11.3. The minimum absolute atomic E-state index is 0.0945. The quantitative estimate of drug-likeness (QED) is 0.428. The van der Waals surface area contributed by atoms with Crippen LogP contribution in [0.2, 0.25) is 5.02 Å². The summed E-state index contributed by atoms with van der Waals surface area (Å²) < 4.78 is 6.33. The molecule has 2 aromatic rings. The van der Waals surface area contributed by atoms with Crippen LogP contribution in [0.5, 0.6) is 5.75 Å². The zero-order valence-electron chi connectivity index (χ0n) is 21.4. The average Bonchev–Trinajstić information content (AvgIpc) is 3.25. The molecule has 0 saturated carbocycles. The van der Waals surface area contributed by atoms with Gasteiger partial charge in [-0.25, -0.2) is 0 Å². The van der Waals surface area contributed by atoms with Gasteiger partial charge in [-0.2, -0.15) is 0 Å². The third-order valence-electron chi connectivity index (χ3n) is 8.06. The molecule has 1 fully saturated rings. The number of hydrogen-bond donors (Lipinski definition) is 1. The Balaban J connectivity index is 1.29. The summed E-state index contributed by atoms with van der Waals surface area (Å²) in [6.07, 6.45) is 13.2. The van der Waals surface area contributed by atoms with Crippen LogP contribution in [-0.4, -0.2) is 48.2 Å². The van der Waals surface area contributed by atoms with Crippen LogP contribution in [0.25, 0.3) is 5.57 Å². The van der Waals surface area contributed by atoms with Gasteiger partial charge in [-0.05, 0) is 85.2 Å². The molecule has 6 heteroatoms. The van der Waals surface area contributed by atoms with Gasteiger partial charge >= 0.3 is 0 Å². The van der Waals surface area contributed by atoms with Crippen LogP contribution in [0.1, 0.15) is 54.9 Å². The van der Waals surface area contributed by atoms with Crippen molar-refractivity contribution in [3.63, 3.8) is 0 Å². The Bertz CT molecular complexity index is 1230. The summed E-state index contributed by atoms with van der Waals surface area (Å²) in [7, 11) is 0. The molecule has 0 aromatic heterocycles. The van der Waals surface area contributed by atoms with Crippen molar-refractivity contribution in [2.24, 2.45) is 10.9 Å². The molecule has 1 saturated heterocycles. The van der Waals surface area contributed by atoms with Crippen molar-refractivity contribution in [1.82, 2.24) is 4.90 Å². The Hall–Kier alpha value is -2.73. The molecule has 3 heterocycles. The van der Waals surface area contributed by atoms with E-state index in [4.69, 9.17) is 16.3 Å². The van der Waals surface area contributed by atoms with E-state index in [0.717, 1.165) is 66.9 Å². The van der Waals surface area contributed by atoms with Gasteiger partial charge in [0.25, 0.3) is 0 Å². The summed E-state index contributed by atoms with van der Waals surface area (Å²) >= 11 is 6.20. The number of carbonyl (C=O) groups excluding carboxylic acids is 1. The fraction of sp³-hybridized carbons (Fsp3) is 0.419. The molecule has 0 radical (unpaired) electrons. The first-order chi connectivity index (χ1) is 18.0. The molecule has 1 spiro atoms. The minimum Gasteiger partial charge on any atom is -0.507 e. The first-order valence-corrected chi connectivity index (χ1v) is 13.7. The lowest BCUT2D eigenvalue weighted by atomic mass is 9.83. The van der Waals surface area contributed by atoms with Gasteiger partial charge in [0.05, 0.1) is 18.2 Å². The van der Waals surface area contributed by atoms with Gasteiger partial charge in [0.15, 0.2) is 0 Å². The van der Waals surface area contributed by atoms with Gasteiger partial charge in [0, 0.05) is 48.8 Å². The van der Waals surface area contributed by atoms with Crippen LogP contribution in [0.3, 0.4) is 0 Å². The van der Waals surface area contributed by atoms with Crippen molar-refractivity contribution in [3.05, 3.63) is 81.9 Å². The van der Waals surface area contributed by atoms with Gasteiger partial charge < -0.3 is 19.5 Å². The van der Waals surface area contributed by atoms with Crippen LogP contribution in [-0.2, 0) is 28.2 Å². The number of benzene rings is 2. The highest BCUT2D eigenvalue weighted by atomic mass is 35.5. The molecule has 0 bridgehead atoms. The van der Waals surface area contributed by atoms with E-state index in [1.165, 1.54) is 11.1 Å². The molecule has 2 atom stereocenters. The number of aromatic hydroxyl groups is 1. The largest absolute Gasteiger partial charge is 0.507 e. The minimum atomic E-state index is -0.175. The van der Waals surface area contributed by atoms with E-state index in [-0.39, 0.29) is 23.3 Å². The lowest BCUT2D eigenvalue weighted by Gasteiger charge is -2.39. The molecule has 0 amide bonds. The molecule has 5 rings (SSSR count). The number of aliphatic imine (C=N–C) groups is 1. The number of nitrogens with zero attached hydrogens (tertiary/aromatic N) is 2. The number of hydrogen-bond acceptors (Lipinski definition) is 5. The fourth-order valence-electron chi connectivity index (χ4n) is 5.97. The van der Waals surface area contributed by atoms with Crippen LogP contribution in [0.4, 0.5) is 0 Å². The van der Waals surface area contributed by atoms with Crippen molar-refractivity contribution in [2.45, 2.75) is 57.3 Å². The zero-order chi connectivity index (χ0) is 25.8. The first-order valence-electron chi connectivity index (χ1n) is 13.3. The molecule has 37 heavy (non-hydrogen) atoms. The van der Waals surface area contributed by atoms with Crippen LogP contribution in [0, 0.1) is 5.92 Å². The van der Waals surface area contributed by atoms with Gasteiger partial charge in [0.1, 0.15) is 12.0 Å². The van der Waals surface area contributed by atoms with E-state index in [9.17, 15) is 9.90 Å². The third kappa shape index (κ3) is 5.59. The number of fused-ring (bicyclic) bond motifs is 2. The Morgan fingerprint density at radius 1 is 1.22 bits per heavy atom. The monoisotopic (exact) mass is 518 g/mol. The number of carbonyl (C=O) groups is 1. The highest BCUT2D eigenvalue weighted by Crippen LogP contribution is 2.45. The maximum atomic E-state index is 10.9. The second-order valence-corrected chi connectivity index (χ2v) is 10.8. The predicted molar refractivity (Wildman–Crippen MR) is 149 cm³/mol. The maximum absolute atomic E-state index is 10.9. The zero-order valence-corrected chi connectivity index (χ0v) is 22.2. The SMILES string of the molecule is CC1N=CC=CC1/C(=C\CCN1CCC2(CC1)OCc1cc(Cl)ccc12)c1cc(CCC=O)ccc1O. The molecule has 3 aliphatic rings. The van der Waals surface area contributed by atoms with E-state index in [1.54, 1.807) is 6.07 Å². The van der Waals surface area contributed by atoms with Crippen molar-refractivity contribution in [2.75, 3.05) is 19.6 Å². The summed E-state index contributed by atoms with van der Waals surface area (Å²) in [4.78, 5) is 18.0. The number of ether oxygens (including phenoxy) is 1. The molecular formula is C31H35ClN2O3. The fourth-order valence-corrected chi connectivity index (χ4v) is 6.16. The summed E-state index contributed by atoms with van der Waals surface area (Å²) in [6.45, 7) is 5.69. The van der Waals surface area contributed by atoms with Gasteiger partial charge in [-0.15, -0.1) is 0 Å². The molecular weight excluding hydrogens is 484 g/mol. The number of phenols is 1. The number of halogens is 1. The molecule has 1 N–H and O–H groups in total. The van der Waals surface area contributed by atoms with Crippen LogP contribution < -0.4 is 0 Å². The van der Waals surface area contributed by atoms with Gasteiger partial charge in [0.2, 0.25) is 0 Å². The van der Waals surface area contributed by atoms with Gasteiger partial charge in [-0.1, -0.05) is 35.9 Å². The summed E-state index contributed by atoms with van der Waals surface area (Å²) in [6, 6.07) is 11.9.